The molecule has 0 radical (unpaired) electrons. The molecule has 7 heteroatoms. The average Bonchev–Trinajstić information content (AvgIpc) is 2.62. The third-order valence-corrected chi connectivity index (χ3v) is 3.53. The van der Waals surface area contributed by atoms with E-state index in [0.29, 0.717) is 13.1 Å². The third-order valence-electron chi connectivity index (χ3n) is 3.53. The number of anilines is 1. The van der Waals surface area contributed by atoms with E-state index in [-0.39, 0.29) is 24.0 Å². The fraction of sp³-hybridized carbons (Fsp3) is 0.333. The molecule has 6 nitrogen and oxygen atoms in total. The predicted molar refractivity (Wildman–Crippen MR) is 114 cm³/mol. The van der Waals surface area contributed by atoms with Gasteiger partial charge in [-0.1, -0.05) is 18.2 Å². The SMILES string of the molecule is CN=C(NCc1ccc(OC)cc1)NCc1cccc(N(C)C)n1.I. The highest BCUT2D eigenvalue weighted by Crippen LogP contribution is 2.11. The highest BCUT2D eigenvalue weighted by atomic mass is 127. The van der Waals surface area contributed by atoms with Crippen LogP contribution in [0.2, 0.25) is 0 Å². The molecule has 0 saturated heterocycles. The monoisotopic (exact) mass is 455 g/mol. The van der Waals surface area contributed by atoms with Gasteiger partial charge in [0, 0.05) is 27.7 Å². The normalized spacial score (nSPS) is 10.6. The zero-order valence-electron chi connectivity index (χ0n) is 15.1. The molecule has 1 aromatic heterocycles. The maximum Gasteiger partial charge on any atom is 0.191 e. The second kappa shape index (κ2) is 10.8. The summed E-state index contributed by atoms with van der Waals surface area (Å²) in [6.45, 7) is 1.30. The van der Waals surface area contributed by atoms with E-state index in [4.69, 9.17) is 4.74 Å². The van der Waals surface area contributed by atoms with E-state index in [1.807, 2.05) is 61.5 Å². The van der Waals surface area contributed by atoms with Gasteiger partial charge in [-0.25, -0.2) is 4.98 Å². The van der Waals surface area contributed by atoms with E-state index < -0.39 is 0 Å². The molecule has 2 rings (SSSR count). The first-order valence-corrected chi connectivity index (χ1v) is 7.83. The van der Waals surface area contributed by atoms with Crippen LogP contribution in [-0.2, 0) is 13.1 Å². The van der Waals surface area contributed by atoms with Gasteiger partial charge in [0.2, 0.25) is 0 Å². The Hall–Kier alpha value is -2.03. The summed E-state index contributed by atoms with van der Waals surface area (Å²) < 4.78 is 5.16. The lowest BCUT2D eigenvalue weighted by molar-refractivity contribution is 0.414. The molecular formula is C18H26IN5O. The fourth-order valence-electron chi connectivity index (χ4n) is 2.14. The van der Waals surface area contributed by atoms with Gasteiger partial charge in [-0.15, -0.1) is 24.0 Å². The fourth-order valence-corrected chi connectivity index (χ4v) is 2.14. The number of aliphatic imine (C=N–C) groups is 1. The van der Waals surface area contributed by atoms with Crippen molar-refractivity contribution < 1.29 is 4.74 Å². The number of guanidine groups is 1. The van der Waals surface area contributed by atoms with Crippen LogP contribution < -0.4 is 20.3 Å². The van der Waals surface area contributed by atoms with E-state index in [0.717, 1.165) is 28.8 Å². The summed E-state index contributed by atoms with van der Waals surface area (Å²) in [5, 5.41) is 6.57. The van der Waals surface area contributed by atoms with Crippen molar-refractivity contribution in [3.05, 3.63) is 53.7 Å². The Balaban J connectivity index is 0.00000312. The number of halogens is 1. The lowest BCUT2D eigenvalue weighted by Gasteiger charge is -2.14. The van der Waals surface area contributed by atoms with Gasteiger partial charge in [-0.2, -0.15) is 0 Å². The average molecular weight is 455 g/mol. The molecular weight excluding hydrogens is 429 g/mol. The van der Waals surface area contributed by atoms with Gasteiger partial charge in [0.15, 0.2) is 5.96 Å². The third kappa shape index (κ3) is 6.77. The van der Waals surface area contributed by atoms with E-state index in [9.17, 15) is 0 Å². The van der Waals surface area contributed by atoms with Crippen molar-refractivity contribution in [2.24, 2.45) is 4.99 Å². The standard InChI is InChI=1S/C18H25N5O.HI/c1-19-18(20-12-14-8-10-16(24-4)11-9-14)21-13-15-6-5-7-17(22-15)23(2)3;/h5-11H,12-13H2,1-4H3,(H2,19,20,21);1H. The first kappa shape index (κ1) is 21.0. The molecule has 0 aliphatic carbocycles. The van der Waals surface area contributed by atoms with Gasteiger partial charge in [0.1, 0.15) is 11.6 Å². The van der Waals surface area contributed by atoms with Crippen molar-refractivity contribution in [3.63, 3.8) is 0 Å². The molecule has 2 aromatic rings. The molecule has 0 saturated carbocycles. The summed E-state index contributed by atoms with van der Waals surface area (Å²) in [6, 6.07) is 13.9. The van der Waals surface area contributed by atoms with Gasteiger partial charge in [0.25, 0.3) is 0 Å². The van der Waals surface area contributed by atoms with Crippen molar-refractivity contribution >= 4 is 35.8 Å². The van der Waals surface area contributed by atoms with Crippen LogP contribution in [0.5, 0.6) is 5.75 Å². The minimum Gasteiger partial charge on any atom is -0.497 e. The van der Waals surface area contributed by atoms with Crippen molar-refractivity contribution in [2.45, 2.75) is 13.1 Å². The first-order chi connectivity index (χ1) is 11.6. The minimum absolute atomic E-state index is 0. The van der Waals surface area contributed by atoms with Crippen molar-refractivity contribution in [2.75, 3.05) is 33.2 Å². The highest BCUT2D eigenvalue weighted by molar-refractivity contribution is 14.0. The lowest BCUT2D eigenvalue weighted by atomic mass is 10.2. The number of ether oxygens (including phenoxy) is 1. The van der Waals surface area contributed by atoms with Crippen LogP contribution in [0, 0.1) is 0 Å². The molecule has 1 aromatic carbocycles. The second-order valence-electron chi connectivity index (χ2n) is 5.51. The summed E-state index contributed by atoms with van der Waals surface area (Å²) in [7, 11) is 7.38. The smallest absolute Gasteiger partial charge is 0.191 e. The zero-order chi connectivity index (χ0) is 17.4. The molecule has 2 N–H and O–H groups in total. The van der Waals surface area contributed by atoms with Gasteiger partial charge in [0.05, 0.1) is 19.3 Å². The van der Waals surface area contributed by atoms with Crippen molar-refractivity contribution in [1.82, 2.24) is 15.6 Å². The topological polar surface area (TPSA) is 61.8 Å². The van der Waals surface area contributed by atoms with Crippen LogP contribution in [0.25, 0.3) is 0 Å². The summed E-state index contributed by atoms with van der Waals surface area (Å²) in [6.07, 6.45) is 0. The lowest BCUT2D eigenvalue weighted by Crippen LogP contribution is -2.36. The number of nitrogens with zero attached hydrogens (tertiary/aromatic N) is 3. The maximum absolute atomic E-state index is 5.16. The van der Waals surface area contributed by atoms with Crippen molar-refractivity contribution in [3.8, 4) is 5.75 Å². The predicted octanol–water partition coefficient (Wildman–Crippen LogP) is 2.64. The molecule has 0 atom stereocenters. The number of hydrogen-bond acceptors (Lipinski definition) is 4. The molecule has 1 heterocycles. The molecule has 0 amide bonds. The molecule has 0 aliphatic heterocycles. The number of hydrogen-bond donors (Lipinski definition) is 2. The quantitative estimate of drug-likeness (QED) is 0.399. The molecule has 0 unspecified atom stereocenters. The Labute approximate surface area is 166 Å². The number of rotatable bonds is 6. The minimum atomic E-state index is 0. The first-order valence-electron chi connectivity index (χ1n) is 7.83. The van der Waals surface area contributed by atoms with E-state index >= 15 is 0 Å². The summed E-state index contributed by atoms with van der Waals surface area (Å²) in [4.78, 5) is 10.8. The number of benzene rings is 1. The van der Waals surface area contributed by atoms with Gasteiger partial charge < -0.3 is 20.3 Å². The van der Waals surface area contributed by atoms with Gasteiger partial charge in [-0.05, 0) is 29.8 Å². The summed E-state index contributed by atoms with van der Waals surface area (Å²) >= 11 is 0. The van der Waals surface area contributed by atoms with Crippen molar-refractivity contribution in [1.29, 1.82) is 0 Å². The Morgan fingerprint density at radius 1 is 1.08 bits per heavy atom. The van der Waals surface area contributed by atoms with Crippen LogP contribution in [0.3, 0.4) is 0 Å². The van der Waals surface area contributed by atoms with Crippen LogP contribution in [0.4, 0.5) is 5.82 Å². The highest BCUT2D eigenvalue weighted by Gasteiger charge is 2.02. The van der Waals surface area contributed by atoms with E-state index in [1.54, 1.807) is 14.2 Å². The van der Waals surface area contributed by atoms with Crippen LogP contribution >= 0.6 is 24.0 Å². The molecule has 0 aliphatic rings. The van der Waals surface area contributed by atoms with Crippen LogP contribution in [-0.4, -0.2) is 39.2 Å². The number of nitrogens with one attached hydrogen (secondary N) is 2. The molecule has 0 spiro atoms. The van der Waals surface area contributed by atoms with Crippen LogP contribution in [0.15, 0.2) is 47.5 Å². The van der Waals surface area contributed by atoms with E-state index in [2.05, 4.69) is 20.6 Å². The Bertz CT molecular complexity index is 673. The number of methoxy groups -OCH3 is 1. The molecule has 25 heavy (non-hydrogen) atoms. The number of aromatic nitrogens is 1. The molecule has 136 valence electrons. The van der Waals surface area contributed by atoms with E-state index in [1.165, 1.54) is 0 Å². The Morgan fingerprint density at radius 2 is 1.76 bits per heavy atom. The Kier molecular flexibility index (Phi) is 9.04. The summed E-state index contributed by atoms with van der Waals surface area (Å²) in [5.41, 5.74) is 2.13. The van der Waals surface area contributed by atoms with Crippen LogP contribution in [0.1, 0.15) is 11.3 Å². The second-order valence-corrected chi connectivity index (χ2v) is 5.51. The van der Waals surface area contributed by atoms with Gasteiger partial charge >= 0.3 is 0 Å². The largest absolute Gasteiger partial charge is 0.497 e. The Morgan fingerprint density at radius 3 is 2.36 bits per heavy atom. The maximum atomic E-state index is 5.16. The summed E-state index contributed by atoms with van der Waals surface area (Å²) in [5.74, 6) is 2.53. The zero-order valence-corrected chi connectivity index (χ0v) is 17.4. The number of pyridine rings is 1. The van der Waals surface area contributed by atoms with Gasteiger partial charge in [-0.3, -0.25) is 4.99 Å². The molecule has 0 bridgehead atoms. The molecule has 0 fully saturated rings.